The van der Waals surface area contributed by atoms with Gasteiger partial charge in [-0.25, -0.2) is 0 Å². The minimum Gasteiger partial charge on any atom is -0.377 e. The van der Waals surface area contributed by atoms with Gasteiger partial charge in [0.15, 0.2) is 0 Å². The molecule has 1 aliphatic rings. The van der Waals surface area contributed by atoms with E-state index in [1.807, 2.05) is 18.9 Å². The Morgan fingerprint density at radius 3 is 2.64 bits per heavy atom. The van der Waals surface area contributed by atoms with Crippen molar-refractivity contribution < 1.29 is 9.84 Å². The van der Waals surface area contributed by atoms with E-state index < -0.39 is 5.72 Å². The summed E-state index contributed by atoms with van der Waals surface area (Å²) >= 11 is 0. The third-order valence-corrected chi connectivity index (χ3v) is 2.70. The second-order valence-corrected chi connectivity index (χ2v) is 3.28. The number of likely N-dealkylation sites (N-methyl/N-ethyl adjacent to an activating group) is 1. The first-order chi connectivity index (χ1) is 5.11. The van der Waals surface area contributed by atoms with Gasteiger partial charge in [0.1, 0.15) is 5.72 Å². The van der Waals surface area contributed by atoms with Crippen molar-refractivity contribution in [1.82, 2.24) is 4.90 Å². The molecular formula is C8H17NO2. The Hall–Kier alpha value is -0.120. The predicted octanol–water partition coefficient (Wildman–Crippen LogP) is 0.435. The van der Waals surface area contributed by atoms with Crippen molar-refractivity contribution in [3.63, 3.8) is 0 Å². The fourth-order valence-electron chi connectivity index (χ4n) is 1.66. The van der Waals surface area contributed by atoms with Crippen molar-refractivity contribution in [1.29, 1.82) is 0 Å². The molecule has 1 heterocycles. The highest BCUT2D eigenvalue weighted by atomic mass is 16.5. The molecule has 0 aliphatic carbocycles. The Morgan fingerprint density at radius 1 is 1.64 bits per heavy atom. The van der Waals surface area contributed by atoms with Crippen molar-refractivity contribution >= 4 is 0 Å². The van der Waals surface area contributed by atoms with Gasteiger partial charge in [-0.2, -0.15) is 0 Å². The second-order valence-electron chi connectivity index (χ2n) is 3.28. The molecule has 1 N–H and O–H groups in total. The molecule has 1 aliphatic heterocycles. The monoisotopic (exact) mass is 159 g/mol. The van der Waals surface area contributed by atoms with Crippen molar-refractivity contribution in [3.8, 4) is 0 Å². The summed E-state index contributed by atoms with van der Waals surface area (Å²) in [4.78, 5) is 1.96. The average molecular weight is 159 g/mol. The van der Waals surface area contributed by atoms with Crippen LogP contribution in [0.1, 0.15) is 19.8 Å². The largest absolute Gasteiger partial charge is 0.377 e. The fourth-order valence-corrected chi connectivity index (χ4v) is 1.66. The molecule has 0 spiro atoms. The van der Waals surface area contributed by atoms with E-state index in [0.29, 0.717) is 0 Å². The number of hydrogen-bond acceptors (Lipinski definition) is 3. The molecule has 0 aromatic rings. The number of aliphatic hydroxyl groups is 1. The Bertz CT molecular complexity index is 140. The van der Waals surface area contributed by atoms with Crippen LogP contribution in [-0.4, -0.2) is 42.5 Å². The van der Waals surface area contributed by atoms with E-state index in [9.17, 15) is 5.11 Å². The topological polar surface area (TPSA) is 32.7 Å². The Balaban J connectivity index is 2.64. The summed E-state index contributed by atoms with van der Waals surface area (Å²) in [6, 6.07) is 0. The maximum atomic E-state index is 10.0. The zero-order valence-corrected chi connectivity index (χ0v) is 7.50. The molecule has 3 heteroatoms. The van der Waals surface area contributed by atoms with Crippen molar-refractivity contribution in [2.45, 2.75) is 31.6 Å². The van der Waals surface area contributed by atoms with E-state index in [-0.39, 0.29) is 6.10 Å². The Kier molecular flexibility index (Phi) is 2.52. The molecule has 66 valence electrons. The van der Waals surface area contributed by atoms with Gasteiger partial charge in [-0.3, -0.25) is 4.90 Å². The van der Waals surface area contributed by atoms with Crippen LogP contribution in [-0.2, 0) is 4.74 Å². The lowest BCUT2D eigenvalue weighted by molar-refractivity contribution is -0.154. The lowest BCUT2D eigenvalue weighted by atomic mass is 10.1. The van der Waals surface area contributed by atoms with Gasteiger partial charge < -0.3 is 9.84 Å². The van der Waals surface area contributed by atoms with E-state index in [0.717, 1.165) is 19.4 Å². The molecule has 2 atom stereocenters. The van der Waals surface area contributed by atoms with Crippen LogP contribution in [0.15, 0.2) is 0 Å². The molecule has 1 rings (SSSR count). The van der Waals surface area contributed by atoms with Crippen LogP contribution in [0.5, 0.6) is 0 Å². The van der Waals surface area contributed by atoms with E-state index >= 15 is 0 Å². The number of methoxy groups -OCH3 is 1. The van der Waals surface area contributed by atoms with Gasteiger partial charge in [0.25, 0.3) is 0 Å². The van der Waals surface area contributed by atoms with Crippen LogP contribution in [0.25, 0.3) is 0 Å². The zero-order valence-electron chi connectivity index (χ0n) is 7.50. The number of likely N-dealkylation sites (tertiary alicyclic amines) is 1. The summed E-state index contributed by atoms with van der Waals surface area (Å²) in [7, 11) is 3.57. The summed E-state index contributed by atoms with van der Waals surface area (Å²) in [5, 5.41) is 10.0. The standard InChI is InChI=1S/C8H17NO2/c1-7(11-3)8(10)5-4-6-9(8)2/h7,10H,4-6H2,1-3H3/t7?,8-/m1/s1. The molecule has 3 nitrogen and oxygen atoms in total. The van der Waals surface area contributed by atoms with E-state index in [2.05, 4.69) is 0 Å². The molecule has 1 unspecified atom stereocenters. The van der Waals surface area contributed by atoms with Crippen LogP contribution in [0, 0.1) is 0 Å². The van der Waals surface area contributed by atoms with Gasteiger partial charge in [0.2, 0.25) is 0 Å². The fraction of sp³-hybridized carbons (Fsp3) is 1.00. The molecule has 0 aromatic carbocycles. The van der Waals surface area contributed by atoms with E-state index in [4.69, 9.17) is 4.74 Å². The van der Waals surface area contributed by atoms with Crippen LogP contribution in [0.3, 0.4) is 0 Å². The van der Waals surface area contributed by atoms with Gasteiger partial charge in [-0.05, 0) is 26.8 Å². The second kappa shape index (κ2) is 3.09. The molecule has 1 fully saturated rings. The zero-order chi connectivity index (χ0) is 8.48. The quantitative estimate of drug-likeness (QED) is 0.634. The molecule has 0 aromatic heterocycles. The molecule has 1 saturated heterocycles. The SMILES string of the molecule is COC(C)[C@]1(O)CCCN1C. The highest BCUT2D eigenvalue weighted by Crippen LogP contribution is 2.29. The summed E-state index contributed by atoms with van der Waals surface area (Å²) in [5.74, 6) is 0. The number of ether oxygens (including phenoxy) is 1. The first kappa shape index (κ1) is 8.97. The minimum atomic E-state index is -0.727. The molecule has 0 saturated carbocycles. The summed E-state index contributed by atoms with van der Waals surface area (Å²) in [6.45, 7) is 2.87. The average Bonchev–Trinajstić information content (AvgIpc) is 2.32. The first-order valence-electron chi connectivity index (χ1n) is 4.07. The van der Waals surface area contributed by atoms with Crippen LogP contribution >= 0.6 is 0 Å². The summed E-state index contributed by atoms with van der Waals surface area (Å²) in [6.07, 6.45) is 1.77. The first-order valence-corrected chi connectivity index (χ1v) is 4.07. The molecular weight excluding hydrogens is 142 g/mol. The third kappa shape index (κ3) is 1.41. The minimum absolute atomic E-state index is 0.102. The molecule has 11 heavy (non-hydrogen) atoms. The summed E-state index contributed by atoms with van der Waals surface area (Å²) in [5.41, 5.74) is -0.727. The van der Waals surface area contributed by atoms with Gasteiger partial charge in [-0.15, -0.1) is 0 Å². The normalized spacial score (nSPS) is 36.0. The van der Waals surface area contributed by atoms with Crippen molar-refractivity contribution in [2.24, 2.45) is 0 Å². The summed E-state index contributed by atoms with van der Waals surface area (Å²) < 4.78 is 5.12. The van der Waals surface area contributed by atoms with Crippen molar-refractivity contribution in [2.75, 3.05) is 20.7 Å². The van der Waals surface area contributed by atoms with Gasteiger partial charge in [0, 0.05) is 13.7 Å². The number of hydrogen-bond donors (Lipinski definition) is 1. The maximum Gasteiger partial charge on any atom is 0.144 e. The Labute approximate surface area is 68.0 Å². The van der Waals surface area contributed by atoms with E-state index in [1.54, 1.807) is 7.11 Å². The van der Waals surface area contributed by atoms with Crippen LogP contribution < -0.4 is 0 Å². The Morgan fingerprint density at radius 2 is 2.27 bits per heavy atom. The van der Waals surface area contributed by atoms with Gasteiger partial charge in [-0.1, -0.05) is 0 Å². The predicted molar refractivity (Wildman–Crippen MR) is 43.3 cm³/mol. The highest BCUT2D eigenvalue weighted by Gasteiger charge is 2.41. The smallest absolute Gasteiger partial charge is 0.144 e. The third-order valence-electron chi connectivity index (χ3n) is 2.70. The highest BCUT2D eigenvalue weighted by molar-refractivity contribution is 4.88. The number of nitrogens with zero attached hydrogens (tertiary/aromatic N) is 1. The van der Waals surface area contributed by atoms with Crippen molar-refractivity contribution in [3.05, 3.63) is 0 Å². The van der Waals surface area contributed by atoms with Gasteiger partial charge >= 0.3 is 0 Å². The number of rotatable bonds is 2. The van der Waals surface area contributed by atoms with E-state index in [1.165, 1.54) is 0 Å². The molecule has 0 amide bonds. The van der Waals surface area contributed by atoms with Crippen LogP contribution in [0.2, 0.25) is 0 Å². The molecule has 0 radical (unpaired) electrons. The molecule has 0 bridgehead atoms. The van der Waals surface area contributed by atoms with Crippen LogP contribution in [0.4, 0.5) is 0 Å². The maximum absolute atomic E-state index is 10.0. The van der Waals surface area contributed by atoms with Gasteiger partial charge in [0.05, 0.1) is 6.10 Å². The lowest BCUT2D eigenvalue weighted by Gasteiger charge is -2.35. The lowest BCUT2D eigenvalue weighted by Crippen LogP contribution is -2.50.